The average molecular weight is 269 g/mol. The Balaban J connectivity index is 2.88. The molecule has 0 saturated heterocycles. The molecule has 0 aromatic carbocycles. The maximum atomic E-state index is 6.55. The molecule has 104 valence electrons. The number of nitrogens with zero attached hydrogens (tertiary/aromatic N) is 2. The van der Waals surface area contributed by atoms with Gasteiger partial charge in [0.2, 0.25) is 0 Å². The lowest BCUT2D eigenvalue weighted by atomic mass is 9.81. The summed E-state index contributed by atoms with van der Waals surface area (Å²) in [5.41, 5.74) is 8.56. The summed E-state index contributed by atoms with van der Waals surface area (Å²) in [7, 11) is 0. The third-order valence-electron chi connectivity index (χ3n) is 4.21. The van der Waals surface area contributed by atoms with Crippen LogP contribution in [0.3, 0.4) is 0 Å². The van der Waals surface area contributed by atoms with E-state index in [9.17, 15) is 0 Å². The molecule has 0 fully saturated rings. The molecule has 0 bridgehead atoms. The molecule has 0 aliphatic heterocycles. The minimum absolute atomic E-state index is 0.119. The highest BCUT2D eigenvalue weighted by Gasteiger charge is 2.37. The minimum Gasteiger partial charge on any atom is -0.326 e. The van der Waals surface area contributed by atoms with Crippen molar-refractivity contribution in [1.82, 2.24) is 9.88 Å². The van der Waals surface area contributed by atoms with Gasteiger partial charge in [-0.05, 0) is 25.9 Å². The molecular formula is C14H27N3S. The van der Waals surface area contributed by atoms with Gasteiger partial charge >= 0.3 is 0 Å². The number of hydrogen-bond acceptors (Lipinski definition) is 4. The van der Waals surface area contributed by atoms with Crippen molar-refractivity contribution in [3.63, 3.8) is 0 Å². The summed E-state index contributed by atoms with van der Waals surface area (Å²) in [5, 5.41) is 0. The van der Waals surface area contributed by atoms with Gasteiger partial charge in [-0.1, -0.05) is 27.7 Å². The molecule has 1 aromatic heterocycles. The van der Waals surface area contributed by atoms with E-state index in [1.165, 1.54) is 4.88 Å². The van der Waals surface area contributed by atoms with Crippen LogP contribution in [0, 0.1) is 0 Å². The van der Waals surface area contributed by atoms with Crippen LogP contribution in [-0.2, 0) is 6.42 Å². The average Bonchev–Trinajstić information content (AvgIpc) is 2.88. The molecule has 0 amide bonds. The normalized spacial score (nSPS) is 14.1. The molecule has 0 aliphatic rings. The fourth-order valence-corrected chi connectivity index (χ4v) is 3.71. The van der Waals surface area contributed by atoms with Crippen molar-refractivity contribution in [2.45, 2.75) is 58.5 Å². The van der Waals surface area contributed by atoms with Crippen LogP contribution in [0.4, 0.5) is 0 Å². The van der Waals surface area contributed by atoms with Crippen molar-refractivity contribution in [2.75, 3.05) is 13.1 Å². The van der Waals surface area contributed by atoms with Crippen LogP contribution in [0.5, 0.6) is 0 Å². The molecule has 3 nitrogen and oxygen atoms in total. The lowest BCUT2D eigenvalue weighted by molar-refractivity contribution is 0.0630. The molecule has 2 N–H and O–H groups in total. The van der Waals surface area contributed by atoms with Crippen LogP contribution in [0.1, 0.15) is 45.4 Å². The van der Waals surface area contributed by atoms with E-state index >= 15 is 0 Å². The van der Waals surface area contributed by atoms with E-state index in [1.54, 1.807) is 11.3 Å². The predicted molar refractivity (Wildman–Crippen MR) is 80.0 cm³/mol. The number of rotatable bonds is 8. The third-order valence-corrected chi connectivity index (χ3v) is 5.01. The number of likely N-dealkylation sites (N-methyl/N-ethyl adjacent to an activating group) is 1. The Morgan fingerprint density at radius 3 is 2.28 bits per heavy atom. The highest BCUT2D eigenvalue weighted by atomic mass is 32.1. The van der Waals surface area contributed by atoms with Crippen molar-refractivity contribution in [3.05, 3.63) is 16.6 Å². The van der Waals surface area contributed by atoms with Gasteiger partial charge in [0.15, 0.2) is 0 Å². The molecule has 0 radical (unpaired) electrons. The van der Waals surface area contributed by atoms with E-state index in [0.717, 1.165) is 32.4 Å². The molecular weight excluding hydrogens is 242 g/mol. The fraction of sp³-hybridized carbons (Fsp3) is 0.786. The molecule has 1 heterocycles. The van der Waals surface area contributed by atoms with Gasteiger partial charge in [-0.2, -0.15) is 0 Å². The van der Waals surface area contributed by atoms with Gasteiger partial charge in [0.1, 0.15) is 0 Å². The smallest absolute Gasteiger partial charge is 0.0794 e. The largest absolute Gasteiger partial charge is 0.326 e. The van der Waals surface area contributed by atoms with Gasteiger partial charge in [-0.15, -0.1) is 11.3 Å². The van der Waals surface area contributed by atoms with Crippen LogP contribution in [-0.4, -0.2) is 34.6 Å². The van der Waals surface area contributed by atoms with Crippen molar-refractivity contribution in [3.8, 4) is 0 Å². The zero-order valence-corrected chi connectivity index (χ0v) is 13.0. The molecule has 1 unspecified atom stereocenters. The van der Waals surface area contributed by atoms with Crippen molar-refractivity contribution in [1.29, 1.82) is 0 Å². The van der Waals surface area contributed by atoms with Crippen LogP contribution >= 0.6 is 11.3 Å². The summed E-state index contributed by atoms with van der Waals surface area (Å²) in [5.74, 6) is 0. The van der Waals surface area contributed by atoms with E-state index in [4.69, 9.17) is 5.73 Å². The Kier molecular flexibility index (Phi) is 6.26. The molecule has 0 aliphatic carbocycles. The lowest BCUT2D eigenvalue weighted by Gasteiger charge is -2.46. The van der Waals surface area contributed by atoms with Gasteiger partial charge in [0, 0.05) is 29.1 Å². The summed E-state index contributed by atoms with van der Waals surface area (Å²) in [6.07, 6.45) is 5.09. The molecule has 0 saturated carbocycles. The summed E-state index contributed by atoms with van der Waals surface area (Å²) in [6.45, 7) is 11.1. The topological polar surface area (TPSA) is 42.1 Å². The Labute approximate surface area is 115 Å². The zero-order valence-electron chi connectivity index (χ0n) is 12.1. The van der Waals surface area contributed by atoms with E-state index in [1.807, 2.05) is 11.7 Å². The molecule has 1 atom stereocenters. The Morgan fingerprint density at radius 1 is 1.28 bits per heavy atom. The Hall–Kier alpha value is -0.450. The van der Waals surface area contributed by atoms with Gasteiger partial charge in [0.05, 0.1) is 5.51 Å². The number of aromatic nitrogens is 1. The van der Waals surface area contributed by atoms with E-state index < -0.39 is 0 Å². The SMILES string of the molecule is CCN(CC)C(CC)(CC)C(N)Cc1cncs1. The summed E-state index contributed by atoms with van der Waals surface area (Å²) in [6, 6.07) is 0.174. The third kappa shape index (κ3) is 3.11. The second kappa shape index (κ2) is 7.22. The predicted octanol–water partition coefficient (Wildman–Crippen LogP) is 2.91. The molecule has 0 spiro atoms. The number of hydrogen-bond donors (Lipinski definition) is 1. The maximum Gasteiger partial charge on any atom is 0.0794 e. The Morgan fingerprint density at radius 2 is 1.89 bits per heavy atom. The van der Waals surface area contributed by atoms with E-state index in [0.29, 0.717) is 0 Å². The first kappa shape index (κ1) is 15.6. The molecule has 4 heteroatoms. The standard InChI is InChI=1S/C14H27N3S/c1-5-14(6-2,17(7-3)8-4)13(15)9-12-10-16-11-18-12/h10-11,13H,5-9,15H2,1-4H3. The molecule has 1 rings (SSSR count). The summed E-state index contributed by atoms with van der Waals surface area (Å²) >= 11 is 1.71. The second-order valence-corrected chi connectivity index (χ2v) is 5.73. The van der Waals surface area contributed by atoms with Gasteiger partial charge < -0.3 is 5.73 Å². The second-order valence-electron chi connectivity index (χ2n) is 4.76. The molecule has 18 heavy (non-hydrogen) atoms. The van der Waals surface area contributed by atoms with Crippen LogP contribution in [0.25, 0.3) is 0 Å². The van der Waals surface area contributed by atoms with Gasteiger partial charge in [-0.25, -0.2) is 0 Å². The van der Waals surface area contributed by atoms with E-state index in [-0.39, 0.29) is 11.6 Å². The molecule has 1 aromatic rings. The van der Waals surface area contributed by atoms with Crippen molar-refractivity contribution in [2.24, 2.45) is 5.73 Å². The van der Waals surface area contributed by atoms with Gasteiger partial charge in [-0.3, -0.25) is 9.88 Å². The van der Waals surface area contributed by atoms with Crippen LogP contribution in [0.15, 0.2) is 11.7 Å². The summed E-state index contributed by atoms with van der Waals surface area (Å²) < 4.78 is 0. The van der Waals surface area contributed by atoms with Gasteiger partial charge in [0.25, 0.3) is 0 Å². The first-order chi connectivity index (χ1) is 8.64. The van der Waals surface area contributed by atoms with Crippen LogP contribution < -0.4 is 5.73 Å². The maximum absolute atomic E-state index is 6.55. The van der Waals surface area contributed by atoms with E-state index in [2.05, 4.69) is 37.6 Å². The monoisotopic (exact) mass is 269 g/mol. The zero-order chi connectivity index (χ0) is 13.6. The Bertz CT molecular complexity index is 316. The highest BCUT2D eigenvalue weighted by molar-refractivity contribution is 7.09. The first-order valence-electron chi connectivity index (χ1n) is 7.02. The number of thiazole rings is 1. The quantitative estimate of drug-likeness (QED) is 0.789. The first-order valence-corrected chi connectivity index (χ1v) is 7.90. The lowest BCUT2D eigenvalue weighted by Crippen LogP contribution is -2.60. The van der Waals surface area contributed by atoms with Crippen molar-refractivity contribution >= 4 is 11.3 Å². The highest BCUT2D eigenvalue weighted by Crippen LogP contribution is 2.29. The summed E-state index contributed by atoms with van der Waals surface area (Å²) in [4.78, 5) is 7.96. The van der Waals surface area contributed by atoms with Crippen LogP contribution in [0.2, 0.25) is 0 Å². The minimum atomic E-state index is 0.119. The van der Waals surface area contributed by atoms with Crippen molar-refractivity contribution < 1.29 is 0 Å². The number of nitrogens with two attached hydrogens (primary N) is 1. The fourth-order valence-electron chi connectivity index (χ4n) is 3.06.